The van der Waals surface area contributed by atoms with Crippen LogP contribution in [0, 0.1) is 0 Å². The number of allylic oxidation sites excluding steroid dienone is 1. The van der Waals surface area contributed by atoms with E-state index in [0.29, 0.717) is 5.82 Å². The molecule has 0 aliphatic rings. The molecule has 3 aromatic rings. The van der Waals surface area contributed by atoms with Crippen LogP contribution in [-0.2, 0) is 5.60 Å². The van der Waals surface area contributed by atoms with Gasteiger partial charge in [-0.25, -0.2) is 9.67 Å². The van der Waals surface area contributed by atoms with Crippen LogP contribution >= 0.6 is 0 Å². The average Bonchev–Trinajstić information content (AvgIpc) is 3.05. The zero-order chi connectivity index (χ0) is 15.4. The van der Waals surface area contributed by atoms with Crippen molar-refractivity contribution in [3.05, 3.63) is 90.0 Å². The SMILES string of the molecule is C/C=C\n1ncnc1C(O)(c1ccccc1)c1ccccc1. The molecular formula is C18H17N3O. The molecule has 0 unspecified atom stereocenters. The summed E-state index contributed by atoms with van der Waals surface area (Å²) in [6.07, 6.45) is 5.08. The van der Waals surface area contributed by atoms with Gasteiger partial charge in [0.15, 0.2) is 11.4 Å². The van der Waals surface area contributed by atoms with Gasteiger partial charge in [-0.3, -0.25) is 0 Å². The topological polar surface area (TPSA) is 50.9 Å². The molecule has 0 aliphatic carbocycles. The summed E-state index contributed by atoms with van der Waals surface area (Å²) >= 11 is 0. The van der Waals surface area contributed by atoms with Gasteiger partial charge < -0.3 is 5.11 Å². The summed E-state index contributed by atoms with van der Waals surface area (Å²) in [5, 5.41) is 15.7. The molecule has 0 saturated carbocycles. The first-order valence-corrected chi connectivity index (χ1v) is 7.13. The molecule has 0 atom stereocenters. The fourth-order valence-electron chi connectivity index (χ4n) is 2.54. The Morgan fingerprint density at radius 1 is 0.955 bits per heavy atom. The molecule has 0 aliphatic heterocycles. The molecule has 0 spiro atoms. The van der Waals surface area contributed by atoms with Crippen molar-refractivity contribution >= 4 is 6.20 Å². The predicted molar refractivity (Wildman–Crippen MR) is 86.0 cm³/mol. The van der Waals surface area contributed by atoms with Crippen LogP contribution in [0.4, 0.5) is 0 Å². The third-order valence-corrected chi connectivity index (χ3v) is 3.57. The van der Waals surface area contributed by atoms with Crippen LogP contribution < -0.4 is 0 Å². The molecular weight excluding hydrogens is 274 g/mol. The maximum atomic E-state index is 11.6. The summed E-state index contributed by atoms with van der Waals surface area (Å²) in [5.41, 5.74) is 0.137. The van der Waals surface area contributed by atoms with Gasteiger partial charge >= 0.3 is 0 Å². The summed E-state index contributed by atoms with van der Waals surface area (Å²) in [4.78, 5) is 4.31. The van der Waals surface area contributed by atoms with E-state index in [1.54, 1.807) is 10.9 Å². The molecule has 1 N–H and O–H groups in total. The molecule has 110 valence electrons. The van der Waals surface area contributed by atoms with E-state index in [1.807, 2.05) is 73.7 Å². The van der Waals surface area contributed by atoms with Crippen molar-refractivity contribution in [2.45, 2.75) is 12.5 Å². The Labute approximate surface area is 129 Å². The normalized spacial score (nSPS) is 11.9. The Kier molecular flexibility index (Phi) is 3.85. The van der Waals surface area contributed by atoms with Crippen molar-refractivity contribution in [2.24, 2.45) is 0 Å². The minimum atomic E-state index is -1.36. The zero-order valence-corrected chi connectivity index (χ0v) is 12.3. The van der Waals surface area contributed by atoms with Crippen molar-refractivity contribution in [1.82, 2.24) is 14.8 Å². The second-order valence-electron chi connectivity index (χ2n) is 4.95. The lowest BCUT2D eigenvalue weighted by Gasteiger charge is -2.28. The van der Waals surface area contributed by atoms with E-state index in [1.165, 1.54) is 6.33 Å². The first kappa shape index (κ1) is 14.2. The van der Waals surface area contributed by atoms with Gasteiger partial charge in [-0.05, 0) is 18.1 Å². The van der Waals surface area contributed by atoms with Crippen molar-refractivity contribution in [2.75, 3.05) is 0 Å². The number of nitrogens with zero attached hydrogens (tertiary/aromatic N) is 3. The Morgan fingerprint density at radius 3 is 2.00 bits per heavy atom. The lowest BCUT2D eigenvalue weighted by atomic mass is 9.85. The minimum Gasteiger partial charge on any atom is -0.373 e. The number of rotatable bonds is 4. The quantitative estimate of drug-likeness (QED) is 0.803. The van der Waals surface area contributed by atoms with Crippen LogP contribution in [0.15, 0.2) is 73.1 Å². The number of aliphatic hydroxyl groups is 1. The monoisotopic (exact) mass is 291 g/mol. The molecule has 4 heteroatoms. The third kappa shape index (κ3) is 2.34. The van der Waals surface area contributed by atoms with Crippen molar-refractivity contribution in [3.8, 4) is 0 Å². The molecule has 0 radical (unpaired) electrons. The van der Waals surface area contributed by atoms with E-state index in [9.17, 15) is 5.11 Å². The number of hydrogen-bond donors (Lipinski definition) is 1. The zero-order valence-electron chi connectivity index (χ0n) is 12.3. The molecule has 0 amide bonds. The third-order valence-electron chi connectivity index (χ3n) is 3.57. The van der Waals surface area contributed by atoms with Crippen LogP contribution in [-0.4, -0.2) is 19.9 Å². The first-order valence-electron chi connectivity index (χ1n) is 7.13. The van der Waals surface area contributed by atoms with Gasteiger partial charge in [-0.15, -0.1) is 0 Å². The molecule has 3 rings (SSSR count). The van der Waals surface area contributed by atoms with Crippen LogP contribution in [0.3, 0.4) is 0 Å². The van der Waals surface area contributed by atoms with Gasteiger partial charge in [-0.2, -0.15) is 5.10 Å². The van der Waals surface area contributed by atoms with Crippen LogP contribution in [0.2, 0.25) is 0 Å². The number of hydrogen-bond acceptors (Lipinski definition) is 3. The lowest BCUT2D eigenvalue weighted by Crippen LogP contribution is -2.32. The van der Waals surface area contributed by atoms with E-state index >= 15 is 0 Å². The Bertz CT molecular complexity index is 724. The summed E-state index contributed by atoms with van der Waals surface area (Å²) in [7, 11) is 0. The Hall–Kier alpha value is -2.72. The van der Waals surface area contributed by atoms with Gasteiger partial charge in [0, 0.05) is 6.20 Å². The molecule has 1 aromatic heterocycles. The fourth-order valence-corrected chi connectivity index (χ4v) is 2.54. The highest BCUT2D eigenvalue weighted by Crippen LogP contribution is 2.35. The molecule has 1 heterocycles. The summed E-state index contributed by atoms with van der Waals surface area (Å²) in [6.45, 7) is 1.90. The maximum Gasteiger partial charge on any atom is 0.175 e. The smallest absolute Gasteiger partial charge is 0.175 e. The van der Waals surface area contributed by atoms with Crippen molar-refractivity contribution in [1.29, 1.82) is 0 Å². The second-order valence-corrected chi connectivity index (χ2v) is 4.95. The summed E-state index contributed by atoms with van der Waals surface area (Å²) < 4.78 is 1.60. The van der Waals surface area contributed by atoms with E-state index in [0.717, 1.165) is 11.1 Å². The summed E-state index contributed by atoms with van der Waals surface area (Å²) in [5.74, 6) is 0.461. The molecule has 0 bridgehead atoms. The van der Waals surface area contributed by atoms with Crippen LogP contribution in [0.5, 0.6) is 0 Å². The minimum absolute atomic E-state index is 0.461. The maximum absolute atomic E-state index is 11.6. The predicted octanol–water partition coefficient (Wildman–Crippen LogP) is 3.05. The standard InChI is InChI=1S/C18H17N3O/c1-2-13-21-17(19-14-20-21)18(22,15-9-5-3-6-10-15)16-11-7-4-8-12-16/h2-14,22H,1H3/b13-2-. The molecule has 2 aromatic carbocycles. The van der Waals surface area contributed by atoms with Crippen molar-refractivity contribution < 1.29 is 5.11 Å². The highest BCUT2D eigenvalue weighted by molar-refractivity contribution is 5.44. The second kappa shape index (κ2) is 5.95. The van der Waals surface area contributed by atoms with Gasteiger partial charge in [0.1, 0.15) is 6.33 Å². The fraction of sp³-hybridized carbons (Fsp3) is 0.111. The molecule has 4 nitrogen and oxygen atoms in total. The molecule has 22 heavy (non-hydrogen) atoms. The largest absolute Gasteiger partial charge is 0.373 e. The summed E-state index contributed by atoms with van der Waals surface area (Å²) in [6, 6.07) is 19.0. The number of aromatic nitrogens is 3. The van der Waals surface area contributed by atoms with Gasteiger partial charge in [-0.1, -0.05) is 66.7 Å². The van der Waals surface area contributed by atoms with Crippen LogP contribution in [0.1, 0.15) is 23.9 Å². The molecule has 0 fully saturated rings. The van der Waals surface area contributed by atoms with Gasteiger partial charge in [0.05, 0.1) is 0 Å². The highest BCUT2D eigenvalue weighted by Gasteiger charge is 2.38. The molecule has 0 saturated heterocycles. The van der Waals surface area contributed by atoms with Crippen LogP contribution in [0.25, 0.3) is 6.20 Å². The van der Waals surface area contributed by atoms with E-state index in [-0.39, 0.29) is 0 Å². The van der Waals surface area contributed by atoms with Gasteiger partial charge in [0.25, 0.3) is 0 Å². The highest BCUT2D eigenvalue weighted by atomic mass is 16.3. The van der Waals surface area contributed by atoms with E-state index < -0.39 is 5.60 Å². The number of benzene rings is 2. The van der Waals surface area contributed by atoms with E-state index in [4.69, 9.17) is 0 Å². The Balaban J connectivity index is 2.26. The average molecular weight is 291 g/mol. The van der Waals surface area contributed by atoms with Crippen molar-refractivity contribution in [3.63, 3.8) is 0 Å². The Morgan fingerprint density at radius 2 is 1.50 bits per heavy atom. The lowest BCUT2D eigenvalue weighted by molar-refractivity contribution is 0.113. The van der Waals surface area contributed by atoms with E-state index in [2.05, 4.69) is 10.1 Å². The van der Waals surface area contributed by atoms with Gasteiger partial charge in [0.2, 0.25) is 0 Å². The first-order chi connectivity index (χ1) is 10.8.